The Morgan fingerprint density at radius 2 is 2.11 bits per heavy atom. The number of rotatable bonds is 4. The molecule has 182 valence electrons. The quantitative estimate of drug-likeness (QED) is 0.484. The molecule has 1 aromatic carbocycles. The van der Waals surface area contributed by atoms with Crippen LogP contribution in [0.15, 0.2) is 30.3 Å². The van der Waals surface area contributed by atoms with Crippen molar-refractivity contribution in [2.45, 2.75) is 50.4 Å². The first-order chi connectivity index (χ1) is 16.8. The number of anilines is 2. The highest BCUT2D eigenvalue weighted by Crippen LogP contribution is 2.44. The van der Waals surface area contributed by atoms with Gasteiger partial charge in [0.2, 0.25) is 0 Å². The van der Waals surface area contributed by atoms with E-state index in [9.17, 15) is 23.2 Å². The summed E-state index contributed by atoms with van der Waals surface area (Å²) >= 11 is 1.35. The predicted molar refractivity (Wildman–Crippen MR) is 125 cm³/mol. The van der Waals surface area contributed by atoms with Gasteiger partial charge in [-0.25, -0.2) is 4.68 Å². The van der Waals surface area contributed by atoms with Crippen molar-refractivity contribution in [2.75, 3.05) is 17.7 Å². The van der Waals surface area contributed by atoms with E-state index in [-0.39, 0.29) is 17.9 Å². The second kappa shape index (κ2) is 8.92. The number of nitrogens with one attached hydrogen (secondary N) is 2. The molecule has 11 heteroatoms. The fraction of sp³-hybridized carbons (Fsp3) is 0.375. The van der Waals surface area contributed by atoms with Crippen LogP contribution in [-0.2, 0) is 12.8 Å². The van der Waals surface area contributed by atoms with Crippen molar-refractivity contribution >= 4 is 28.1 Å². The molecular formula is C24H22F3N5O2S. The summed E-state index contributed by atoms with van der Waals surface area (Å²) in [7, 11) is 1.49. The highest BCUT2D eigenvalue weighted by atomic mass is 32.1. The molecule has 2 N–H and O–H groups in total. The first-order valence-electron chi connectivity index (χ1n) is 11.2. The normalized spacial score (nSPS) is 19.2. The van der Waals surface area contributed by atoms with Crippen molar-refractivity contribution in [3.63, 3.8) is 0 Å². The van der Waals surface area contributed by atoms with E-state index in [2.05, 4.69) is 21.8 Å². The Morgan fingerprint density at radius 3 is 2.86 bits per heavy atom. The van der Waals surface area contributed by atoms with Gasteiger partial charge in [0.25, 0.3) is 5.91 Å². The molecule has 0 saturated heterocycles. The van der Waals surface area contributed by atoms with E-state index in [1.807, 2.05) is 0 Å². The summed E-state index contributed by atoms with van der Waals surface area (Å²) in [6.07, 6.45) is -1.20. The maximum atomic E-state index is 14.0. The zero-order valence-electron chi connectivity index (χ0n) is 18.8. The van der Waals surface area contributed by atoms with Crippen molar-refractivity contribution in [3.05, 3.63) is 57.6 Å². The molecule has 5 rings (SSSR count). The Balaban J connectivity index is 1.45. The van der Waals surface area contributed by atoms with E-state index in [0.717, 1.165) is 40.8 Å². The minimum atomic E-state index is -4.56. The number of nitriles is 1. The third-order valence-electron chi connectivity index (χ3n) is 6.43. The molecule has 1 aliphatic heterocycles. The van der Waals surface area contributed by atoms with Crippen LogP contribution >= 0.6 is 11.3 Å². The standard InChI is InChI=1S/C24H22F3N5O2S/c1-34-14-6-4-5-13(9-14)17-10-20(24(25,26)27)32-21(29-17)11-18(31-32)22(33)30-23-16(12-28)15-7-2-3-8-19(15)35-23/h4-6,9,11,17,20,29H,2-3,7-8,10H2,1H3,(H,30,33)/t17-,20+/m0/s1. The van der Waals surface area contributed by atoms with Crippen LogP contribution in [-0.4, -0.2) is 29.0 Å². The van der Waals surface area contributed by atoms with Gasteiger partial charge in [0, 0.05) is 17.4 Å². The Kier molecular flexibility index (Phi) is 5.92. The van der Waals surface area contributed by atoms with Crippen molar-refractivity contribution in [3.8, 4) is 11.8 Å². The fourth-order valence-electron chi connectivity index (χ4n) is 4.70. The molecule has 3 aromatic rings. The molecule has 0 radical (unpaired) electrons. The van der Waals surface area contributed by atoms with Crippen LogP contribution in [0.5, 0.6) is 5.75 Å². The van der Waals surface area contributed by atoms with Crippen LogP contribution in [0.1, 0.15) is 63.4 Å². The monoisotopic (exact) mass is 501 g/mol. The summed E-state index contributed by atoms with van der Waals surface area (Å²) in [5.41, 5.74) is 1.89. The van der Waals surface area contributed by atoms with Crippen LogP contribution < -0.4 is 15.4 Å². The van der Waals surface area contributed by atoms with Gasteiger partial charge in [-0.3, -0.25) is 4.79 Å². The Hall–Kier alpha value is -3.52. The number of nitrogens with zero attached hydrogens (tertiary/aromatic N) is 3. The molecule has 0 fully saturated rings. The van der Waals surface area contributed by atoms with Gasteiger partial charge in [0.05, 0.1) is 18.7 Å². The number of alkyl halides is 3. The number of thiophene rings is 1. The Morgan fingerprint density at radius 1 is 1.31 bits per heavy atom. The summed E-state index contributed by atoms with van der Waals surface area (Å²) < 4.78 is 48.0. The lowest BCUT2D eigenvalue weighted by Crippen LogP contribution is -2.35. The van der Waals surface area contributed by atoms with E-state index in [0.29, 0.717) is 21.9 Å². The first-order valence-corrected chi connectivity index (χ1v) is 12.0. The Labute approximate surface area is 203 Å². The molecule has 2 aliphatic rings. The lowest BCUT2D eigenvalue weighted by molar-refractivity contribution is -0.173. The topological polar surface area (TPSA) is 92.0 Å². The fourth-order valence-corrected chi connectivity index (χ4v) is 5.94. The number of aryl methyl sites for hydroxylation is 1. The third-order valence-corrected chi connectivity index (χ3v) is 7.64. The summed E-state index contributed by atoms with van der Waals surface area (Å²) in [4.78, 5) is 14.1. The SMILES string of the molecule is COc1cccc([C@@H]2C[C@H](C(F)(F)F)n3nc(C(=O)Nc4sc5c(c4C#N)CCCC5)cc3N2)c1. The van der Waals surface area contributed by atoms with E-state index < -0.39 is 24.2 Å². The van der Waals surface area contributed by atoms with Gasteiger partial charge < -0.3 is 15.4 Å². The number of aromatic nitrogens is 2. The number of benzene rings is 1. The zero-order chi connectivity index (χ0) is 24.7. The van der Waals surface area contributed by atoms with E-state index in [4.69, 9.17) is 4.74 Å². The number of hydrogen-bond donors (Lipinski definition) is 2. The molecular weight excluding hydrogens is 479 g/mol. The van der Waals surface area contributed by atoms with Gasteiger partial charge in [-0.1, -0.05) is 12.1 Å². The molecule has 0 unspecified atom stereocenters. The van der Waals surface area contributed by atoms with Crippen LogP contribution in [0, 0.1) is 11.3 Å². The van der Waals surface area contributed by atoms with E-state index in [1.54, 1.807) is 24.3 Å². The number of fused-ring (bicyclic) bond motifs is 2. The van der Waals surface area contributed by atoms with Crippen LogP contribution in [0.2, 0.25) is 0 Å². The second-order valence-electron chi connectivity index (χ2n) is 8.61. The van der Waals surface area contributed by atoms with Gasteiger partial charge in [-0.05, 0) is 48.9 Å². The molecule has 0 saturated carbocycles. The maximum absolute atomic E-state index is 14.0. The zero-order valence-corrected chi connectivity index (χ0v) is 19.6. The largest absolute Gasteiger partial charge is 0.497 e. The number of ether oxygens (including phenoxy) is 1. The van der Waals surface area contributed by atoms with Gasteiger partial charge in [0.15, 0.2) is 11.7 Å². The molecule has 7 nitrogen and oxygen atoms in total. The van der Waals surface area contributed by atoms with E-state index in [1.165, 1.54) is 24.5 Å². The van der Waals surface area contributed by atoms with Crippen molar-refractivity contribution < 1.29 is 22.7 Å². The van der Waals surface area contributed by atoms with Crippen LogP contribution in [0.4, 0.5) is 24.0 Å². The van der Waals surface area contributed by atoms with Gasteiger partial charge in [-0.15, -0.1) is 11.3 Å². The summed E-state index contributed by atoms with van der Waals surface area (Å²) in [6.45, 7) is 0. The van der Waals surface area contributed by atoms with Crippen molar-refractivity contribution in [2.24, 2.45) is 0 Å². The molecule has 0 spiro atoms. The highest BCUT2D eigenvalue weighted by molar-refractivity contribution is 7.16. The molecule has 35 heavy (non-hydrogen) atoms. The van der Waals surface area contributed by atoms with Crippen molar-refractivity contribution in [1.29, 1.82) is 5.26 Å². The average Bonchev–Trinajstić information content (AvgIpc) is 3.43. The average molecular weight is 502 g/mol. The minimum absolute atomic E-state index is 0.0996. The van der Waals surface area contributed by atoms with Crippen LogP contribution in [0.25, 0.3) is 0 Å². The minimum Gasteiger partial charge on any atom is -0.497 e. The molecule has 0 bridgehead atoms. The molecule has 1 amide bonds. The third kappa shape index (κ3) is 4.34. The smallest absolute Gasteiger partial charge is 0.410 e. The number of halogens is 3. The lowest BCUT2D eigenvalue weighted by atomic mass is 9.96. The molecule has 2 aromatic heterocycles. The van der Waals surface area contributed by atoms with Gasteiger partial charge in [0.1, 0.15) is 22.6 Å². The molecule has 2 atom stereocenters. The predicted octanol–water partition coefficient (Wildman–Crippen LogP) is 5.62. The first kappa shape index (κ1) is 23.2. The van der Waals surface area contributed by atoms with Gasteiger partial charge in [-0.2, -0.15) is 23.5 Å². The molecule has 1 aliphatic carbocycles. The number of hydrogen-bond acceptors (Lipinski definition) is 6. The highest BCUT2D eigenvalue weighted by Gasteiger charge is 2.47. The van der Waals surface area contributed by atoms with Crippen LogP contribution in [0.3, 0.4) is 0 Å². The summed E-state index contributed by atoms with van der Waals surface area (Å²) in [5.74, 6) is -0.0101. The van der Waals surface area contributed by atoms with Crippen molar-refractivity contribution in [1.82, 2.24) is 9.78 Å². The maximum Gasteiger partial charge on any atom is 0.410 e. The number of carbonyl (C=O) groups excluding carboxylic acids is 1. The number of carbonyl (C=O) groups is 1. The Bertz CT molecular complexity index is 1320. The summed E-state index contributed by atoms with van der Waals surface area (Å²) in [5, 5.41) is 19.8. The lowest BCUT2D eigenvalue weighted by Gasteiger charge is -2.33. The number of methoxy groups -OCH3 is 1. The molecule has 3 heterocycles. The summed E-state index contributed by atoms with van der Waals surface area (Å²) in [6, 6.07) is 7.80. The van der Waals surface area contributed by atoms with Gasteiger partial charge >= 0.3 is 6.18 Å². The van der Waals surface area contributed by atoms with E-state index >= 15 is 0 Å². The number of amides is 1. The second-order valence-corrected chi connectivity index (χ2v) is 9.71.